The highest BCUT2D eigenvalue weighted by molar-refractivity contribution is 7.10. The molecule has 102 valence electrons. The van der Waals surface area contributed by atoms with E-state index < -0.39 is 0 Å². The summed E-state index contributed by atoms with van der Waals surface area (Å²) >= 11 is 1.70. The Bertz CT molecular complexity index is 490. The Morgan fingerprint density at radius 1 is 1.21 bits per heavy atom. The van der Waals surface area contributed by atoms with Crippen molar-refractivity contribution in [2.24, 2.45) is 0 Å². The first-order chi connectivity index (χ1) is 9.18. The maximum atomic E-state index is 9.74. The van der Waals surface area contributed by atoms with Crippen LogP contribution in [0, 0.1) is 0 Å². The minimum atomic E-state index is -0.207. The van der Waals surface area contributed by atoms with E-state index >= 15 is 0 Å². The minimum Gasteiger partial charge on any atom is -0.494 e. The van der Waals surface area contributed by atoms with E-state index in [1.807, 2.05) is 25.1 Å². The molecule has 1 atom stereocenters. The zero-order valence-electron chi connectivity index (χ0n) is 11.4. The van der Waals surface area contributed by atoms with Gasteiger partial charge >= 0.3 is 0 Å². The number of aliphatic hydroxyl groups is 1. The quantitative estimate of drug-likeness (QED) is 0.873. The Labute approximate surface area is 118 Å². The van der Waals surface area contributed by atoms with Crippen LogP contribution in [0.25, 0.3) is 0 Å². The summed E-state index contributed by atoms with van der Waals surface area (Å²) in [6.45, 7) is 4.92. The molecule has 1 aromatic heterocycles. The van der Waals surface area contributed by atoms with Crippen LogP contribution < -0.4 is 4.74 Å². The van der Waals surface area contributed by atoms with Gasteiger partial charge in [0.15, 0.2) is 0 Å². The zero-order valence-corrected chi connectivity index (χ0v) is 12.2. The molecule has 0 aliphatic heterocycles. The Hall–Kier alpha value is -1.32. The lowest BCUT2D eigenvalue weighted by Gasteiger charge is -2.26. The van der Waals surface area contributed by atoms with Gasteiger partial charge in [0.05, 0.1) is 13.2 Å². The van der Waals surface area contributed by atoms with Crippen molar-refractivity contribution < 1.29 is 9.84 Å². The normalized spacial score (nSPS) is 14.1. The van der Waals surface area contributed by atoms with Crippen LogP contribution in [-0.4, -0.2) is 18.3 Å². The molecule has 2 nitrogen and oxygen atoms in total. The summed E-state index contributed by atoms with van der Waals surface area (Å²) in [5, 5.41) is 11.8. The van der Waals surface area contributed by atoms with Crippen LogP contribution >= 0.6 is 11.3 Å². The number of hydrogen-bond acceptors (Lipinski definition) is 3. The molecular formula is C16H20O2S. The van der Waals surface area contributed by atoms with Crippen LogP contribution in [0.2, 0.25) is 0 Å². The monoisotopic (exact) mass is 276 g/mol. The van der Waals surface area contributed by atoms with Gasteiger partial charge in [0, 0.05) is 10.3 Å². The first-order valence-electron chi connectivity index (χ1n) is 6.54. The van der Waals surface area contributed by atoms with E-state index in [2.05, 4.69) is 30.5 Å². The predicted octanol–water partition coefficient (Wildman–Crippen LogP) is 3.64. The van der Waals surface area contributed by atoms with E-state index in [1.54, 1.807) is 11.3 Å². The summed E-state index contributed by atoms with van der Waals surface area (Å²) in [4.78, 5) is 1.23. The highest BCUT2D eigenvalue weighted by Gasteiger charge is 2.27. The number of rotatable bonds is 6. The number of thiophene rings is 1. The largest absolute Gasteiger partial charge is 0.494 e. The van der Waals surface area contributed by atoms with Crippen molar-refractivity contribution in [3.63, 3.8) is 0 Å². The van der Waals surface area contributed by atoms with Gasteiger partial charge in [-0.05, 0) is 42.5 Å². The Morgan fingerprint density at radius 2 is 1.95 bits per heavy atom. The average molecular weight is 276 g/mol. The van der Waals surface area contributed by atoms with Crippen LogP contribution in [-0.2, 0) is 11.8 Å². The second-order valence-electron chi connectivity index (χ2n) is 4.95. The van der Waals surface area contributed by atoms with Gasteiger partial charge in [-0.2, -0.15) is 0 Å². The predicted molar refractivity (Wildman–Crippen MR) is 80.1 cm³/mol. The molecule has 0 radical (unpaired) electrons. The van der Waals surface area contributed by atoms with Gasteiger partial charge < -0.3 is 9.84 Å². The molecule has 0 spiro atoms. The fourth-order valence-corrected chi connectivity index (χ4v) is 3.05. The van der Waals surface area contributed by atoms with Crippen LogP contribution in [0.15, 0.2) is 41.8 Å². The molecule has 0 bridgehead atoms. The zero-order chi connectivity index (χ0) is 13.7. The maximum absolute atomic E-state index is 9.74. The Balaban J connectivity index is 2.14. The number of aliphatic hydroxyl groups excluding tert-OH is 1. The Kier molecular flexibility index (Phi) is 4.61. The first kappa shape index (κ1) is 14.1. The van der Waals surface area contributed by atoms with Crippen molar-refractivity contribution in [1.29, 1.82) is 0 Å². The smallest absolute Gasteiger partial charge is 0.119 e. The van der Waals surface area contributed by atoms with Crippen LogP contribution in [0.3, 0.4) is 0 Å². The molecule has 0 saturated carbocycles. The van der Waals surface area contributed by atoms with E-state index in [1.165, 1.54) is 10.4 Å². The highest BCUT2D eigenvalue weighted by atomic mass is 32.1. The summed E-state index contributed by atoms with van der Waals surface area (Å²) in [5.41, 5.74) is 1.01. The van der Waals surface area contributed by atoms with E-state index in [4.69, 9.17) is 4.74 Å². The summed E-state index contributed by atoms with van der Waals surface area (Å²) in [6.07, 6.45) is 0.830. The lowest BCUT2D eigenvalue weighted by Crippen LogP contribution is -2.28. The fourth-order valence-electron chi connectivity index (χ4n) is 2.16. The van der Waals surface area contributed by atoms with E-state index in [-0.39, 0.29) is 12.0 Å². The van der Waals surface area contributed by atoms with E-state index in [0.29, 0.717) is 6.61 Å². The van der Waals surface area contributed by atoms with Crippen LogP contribution in [0.5, 0.6) is 5.75 Å². The molecule has 0 aliphatic rings. The van der Waals surface area contributed by atoms with Crippen LogP contribution in [0.4, 0.5) is 0 Å². The average Bonchev–Trinajstić information content (AvgIpc) is 2.96. The van der Waals surface area contributed by atoms with E-state index in [0.717, 1.165) is 12.2 Å². The van der Waals surface area contributed by atoms with Crippen molar-refractivity contribution in [2.75, 3.05) is 13.2 Å². The molecule has 0 aliphatic carbocycles. The summed E-state index contributed by atoms with van der Waals surface area (Å²) < 4.78 is 5.44. The molecule has 2 aromatic rings. The summed E-state index contributed by atoms with van der Waals surface area (Å²) in [6, 6.07) is 12.3. The number of hydrogen-bond donors (Lipinski definition) is 1. The summed E-state index contributed by atoms with van der Waals surface area (Å²) in [7, 11) is 0. The van der Waals surface area contributed by atoms with Crippen molar-refractivity contribution in [1.82, 2.24) is 0 Å². The summed E-state index contributed by atoms with van der Waals surface area (Å²) in [5.74, 6) is 0.896. The van der Waals surface area contributed by atoms with Gasteiger partial charge in [-0.3, -0.25) is 0 Å². The second kappa shape index (κ2) is 6.22. The minimum absolute atomic E-state index is 0.153. The lowest BCUT2D eigenvalue weighted by molar-refractivity contribution is 0.207. The Morgan fingerprint density at radius 3 is 2.47 bits per heavy atom. The molecule has 0 saturated heterocycles. The fraction of sp³-hybridized carbons (Fsp3) is 0.375. The number of ether oxygens (including phenoxy) is 1. The SMILES string of the molecule is CCOc1ccc(CC(C)(CO)c2cccs2)cc1. The van der Waals surface area contributed by atoms with Crippen LogP contribution in [0.1, 0.15) is 24.3 Å². The van der Waals surface area contributed by atoms with Gasteiger partial charge in [0.2, 0.25) is 0 Å². The molecule has 0 amide bonds. The van der Waals surface area contributed by atoms with Gasteiger partial charge in [-0.15, -0.1) is 11.3 Å². The number of benzene rings is 1. The molecule has 3 heteroatoms. The van der Waals surface area contributed by atoms with Crippen molar-refractivity contribution >= 4 is 11.3 Å². The first-order valence-corrected chi connectivity index (χ1v) is 7.42. The second-order valence-corrected chi connectivity index (χ2v) is 5.90. The van der Waals surface area contributed by atoms with E-state index in [9.17, 15) is 5.11 Å². The third-order valence-electron chi connectivity index (χ3n) is 3.29. The van der Waals surface area contributed by atoms with Gasteiger partial charge in [-0.1, -0.05) is 25.1 Å². The highest BCUT2D eigenvalue weighted by Crippen LogP contribution is 2.31. The molecule has 1 N–H and O–H groups in total. The van der Waals surface area contributed by atoms with Crippen molar-refractivity contribution in [3.8, 4) is 5.75 Å². The third kappa shape index (κ3) is 3.37. The molecule has 1 unspecified atom stereocenters. The standard InChI is InChI=1S/C16H20O2S/c1-3-18-14-8-6-13(7-9-14)11-16(2,12-17)15-5-4-10-19-15/h4-10,17H,3,11-12H2,1-2H3. The topological polar surface area (TPSA) is 29.5 Å². The third-order valence-corrected chi connectivity index (χ3v) is 4.47. The molecule has 1 heterocycles. The molecule has 2 rings (SSSR count). The molecular weight excluding hydrogens is 256 g/mol. The van der Waals surface area contributed by atoms with Crippen molar-refractivity contribution in [2.45, 2.75) is 25.7 Å². The molecule has 0 fully saturated rings. The molecule has 19 heavy (non-hydrogen) atoms. The molecule has 1 aromatic carbocycles. The van der Waals surface area contributed by atoms with Crippen molar-refractivity contribution in [3.05, 3.63) is 52.2 Å². The van der Waals surface area contributed by atoms with Gasteiger partial charge in [0.1, 0.15) is 5.75 Å². The van der Waals surface area contributed by atoms with Gasteiger partial charge in [-0.25, -0.2) is 0 Å². The van der Waals surface area contributed by atoms with Gasteiger partial charge in [0.25, 0.3) is 0 Å². The maximum Gasteiger partial charge on any atom is 0.119 e. The lowest BCUT2D eigenvalue weighted by atomic mass is 9.83.